The SMILES string of the molecule is CCCC(=O)O[C@@]12[C@H](OC(=O)/C=C/c3ccccc3)[C@@H](C)[C@@]3(O)[C@@H](C=C(COC(=O)/C=C/c4ccccc4)C[C@]4(O)C(=O)C(C)=C[C@@H]34)[C@@H]1C2(C)C. The van der Waals surface area contributed by atoms with Crippen molar-refractivity contribution in [3.05, 3.63) is 107 Å². The molecule has 2 aromatic carbocycles. The molecule has 4 aliphatic carbocycles. The van der Waals surface area contributed by atoms with Gasteiger partial charge in [-0.05, 0) is 47.8 Å². The maximum atomic E-state index is 13.7. The first-order chi connectivity index (χ1) is 24.2. The Balaban J connectivity index is 1.40. The Morgan fingerprint density at radius 3 is 2.08 bits per heavy atom. The molecule has 2 aromatic rings. The maximum Gasteiger partial charge on any atom is 0.331 e. The molecule has 0 spiro atoms. The largest absolute Gasteiger partial charge is 0.458 e. The molecule has 9 nitrogen and oxygen atoms in total. The zero-order valence-electron chi connectivity index (χ0n) is 29.7. The fourth-order valence-corrected chi connectivity index (χ4v) is 9.09. The second kappa shape index (κ2) is 13.5. The van der Waals surface area contributed by atoms with Gasteiger partial charge in [-0.25, -0.2) is 9.59 Å². The summed E-state index contributed by atoms with van der Waals surface area (Å²) in [5, 5.41) is 25.4. The number of ketones is 1. The zero-order valence-corrected chi connectivity index (χ0v) is 29.7. The molecule has 2 N–H and O–H groups in total. The standard InChI is InChI=1S/C42H46O9/c1-6-13-35(45)51-42-36(39(42,4)5)31-23-30(25-49-33(43)20-18-28-14-9-7-10-15-28)24-40(47)32(22-26(2)37(40)46)41(31,48)27(3)38(42)50-34(44)21-19-29-16-11-8-12-17-29/h7-12,14-23,27,31-32,36,38,47-48H,6,13,24-25H2,1-5H3/b20-18+,21-19+/t27-,31+,32-,36-,38-,40-,41-,42-/m1/s1. The van der Waals surface area contributed by atoms with Gasteiger partial charge in [0.05, 0.1) is 5.60 Å². The highest BCUT2D eigenvalue weighted by atomic mass is 16.6. The lowest BCUT2D eigenvalue weighted by molar-refractivity contribution is -0.227. The zero-order chi connectivity index (χ0) is 36.8. The van der Waals surface area contributed by atoms with E-state index < -0.39 is 75.7 Å². The molecule has 0 heterocycles. The van der Waals surface area contributed by atoms with Crippen molar-refractivity contribution in [2.75, 3.05) is 6.61 Å². The van der Waals surface area contributed by atoms with E-state index in [4.69, 9.17) is 14.2 Å². The van der Waals surface area contributed by atoms with Crippen LogP contribution in [0.5, 0.6) is 0 Å². The van der Waals surface area contributed by atoms with Crippen molar-refractivity contribution in [1.29, 1.82) is 0 Å². The number of benzene rings is 2. The lowest BCUT2D eigenvalue weighted by atomic mass is 9.59. The average Bonchev–Trinajstić information content (AvgIpc) is 3.53. The van der Waals surface area contributed by atoms with Crippen molar-refractivity contribution in [3.63, 3.8) is 0 Å². The third-order valence-electron chi connectivity index (χ3n) is 11.6. The Morgan fingerprint density at radius 1 is 0.902 bits per heavy atom. The summed E-state index contributed by atoms with van der Waals surface area (Å²) in [5.74, 6) is -5.67. The van der Waals surface area contributed by atoms with Crippen LogP contribution in [-0.4, -0.2) is 63.4 Å². The van der Waals surface area contributed by atoms with Crippen LogP contribution in [0.2, 0.25) is 0 Å². The van der Waals surface area contributed by atoms with E-state index in [1.165, 1.54) is 12.2 Å². The third-order valence-corrected chi connectivity index (χ3v) is 11.6. The summed E-state index contributed by atoms with van der Waals surface area (Å²) < 4.78 is 18.2. The summed E-state index contributed by atoms with van der Waals surface area (Å²) in [6, 6.07) is 18.5. The first-order valence-electron chi connectivity index (χ1n) is 17.6. The number of rotatable bonds is 10. The van der Waals surface area contributed by atoms with Crippen LogP contribution in [0.4, 0.5) is 0 Å². The van der Waals surface area contributed by atoms with Crippen LogP contribution in [0.1, 0.15) is 65.0 Å². The van der Waals surface area contributed by atoms with E-state index in [0.717, 1.165) is 11.1 Å². The molecule has 9 heteroatoms. The van der Waals surface area contributed by atoms with Crippen LogP contribution in [0.15, 0.2) is 96.1 Å². The first kappa shape index (κ1) is 36.2. The van der Waals surface area contributed by atoms with E-state index >= 15 is 0 Å². The molecule has 268 valence electrons. The summed E-state index contributed by atoms with van der Waals surface area (Å²) in [5.41, 5.74) is -3.69. The van der Waals surface area contributed by atoms with Gasteiger partial charge >= 0.3 is 17.9 Å². The number of carbonyl (C=O) groups excluding carboxylic acids is 4. The summed E-state index contributed by atoms with van der Waals surface area (Å²) in [6.07, 6.45) is 8.63. The van der Waals surface area contributed by atoms with Gasteiger partial charge in [-0.15, -0.1) is 0 Å². The van der Waals surface area contributed by atoms with Crippen LogP contribution in [0.25, 0.3) is 12.2 Å². The molecule has 8 atom stereocenters. The monoisotopic (exact) mass is 694 g/mol. The summed E-state index contributed by atoms with van der Waals surface area (Å²) >= 11 is 0. The molecule has 6 rings (SSSR count). The van der Waals surface area contributed by atoms with Crippen molar-refractivity contribution in [1.82, 2.24) is 0 Å². The molecule has 0 bridgehead atoms. The number of hydrogen-bond donors (Lipinski definition) is 2. The van der Waals surface area contributed by atoms with Gasteiger partial charge in [0.25, 0.3) is 0 Å². The fourth-order valence-electron chi connectivity index (χ4n) is 9.09. The Hall–Kier alpha value is -4.60. The van der Waals surface area contributed by atoms with Gasteiger partial charge in [0, 0.05) is 54.1 Å². The van der Waals surface area contributed by atoms with Gasteiger partial charge in [-0.1, -0.05) is 101 Å². The molecule has 0 unspecified atom stereocenters. The van der Waals surface area contributed by atoms with E-state index in [-0.39, 0.29) is 19.4 Å². The topological polar surface area (TPSA) is 136 Å². The normalized spacial score (nSPS) is 33.3. The van der Waals surface area contributed by atoms with E-state index in [0.29, 0.717) is 17.6 Å². The predicted octanol–water partition coefficient (Wildman–Crippen LogP) is 5.81. The highest BCUT2D eigenvalue weighted by Gasteiger charge is 2.88. The molecule has 51 heavy (non-hydrogen) atoms. The Morgan fingerprint density at radius 2 is 1.49 bits per heavy atom. The van der Waals surface area contributed by atoms with Crippen molar-refractivity contribution in [2.45, 2.75) is 76.8 Å². The number of aliphatic hydroxyl groups is 2. The first-order valence-corrected chi connectivity index (χ1v) is 17.6. The lowest BCUT2D eigenvalue weighted by Gasteiger charge is -2.53. The third kappa shape index (κ3) is 6.10. The minimum atomic E-state index is -2.06. The van der Waals surface area contributed by atoms with Gasteiger partial charge < -0.3 is 24.4 Å². The van der Waals surface area contributed by atoms with E-state index in [2.05, 4.69) is 0 Å². The Bertz CT molecular complexity index is 1820. The number of hydrogen-bond acceptors (Lipinski definition) is 9. The van der Waals surface area contributed by atoms with Crippen molar-refractivity contribution in [3.8, 4) is 0 Å². The Kier molecular flexibility index (Phi) is 9.59. The van der Waals surface area contributed by atoms with Gasteiger partial charge in [0.15, 0.2) is 11.4 Å². The smallest absolute Gasteiger partial charge is 0.331 e. The number of Topliss-reactive ketones (excluding diaryl/α,β-unsaturated/α-hetero) is 1. The Labute approximate surface area is 298 Å². The van der Waals surface area contributed by atoms with Crippen molar-refractivity contribution < 1.29 is 43.6 Å². The molecule has 0 aromatic heterocycles. The highest BCUT2D eigenvalue weighted by Crippen LogP contribution is 2.77. The molecule has 0 amide bonds. The molecule has 2 fully saturated rings. The van der Waals surface area contributed by atoms with Crippen LogP contribution in [0, 0.1) is 29.1 Å². The number of fused-ring (bicyclic) bond motifs is 5. The van der Waals surface area contributed by atoms with E-state index in [9.17, 15) is 29.4 Å². The van der Waals surface area contributed by atoms with Crippen LogP contribution >= 0.6 is 0 Å². The molecule has 0 saturated heterocycles. The van der Waals surface area contributed by atoms with Crippen LogP contribution < -0.4 is 0 Å². The quantitative estimate of drug-likeness (QED) is 0.137. The van der Waals surface area contributed by atoms with Crippen LogP contribution in [-0.2, 0) is 33.4 Å². The summed E-state index contributed by atoms with van der Waals surface area (Å²) in [6.45, 7) is 8.77. The molecule has 0 aliphatic heterocycles. The average molecular weight is 695 g/mol. The van der Waals surface area contributed by atoms with Gasteiger partial charge in [-0.3, -0.25) is 9.59 Å². The molecule has 4 aliphatic rings. The second-order valence-corrected chi connectivity index (χ2v) is 15.0. The molecular weight excluding hydrogens is 648 g/mol. The van der Waals surface area contributed by atoms with Crippen molar-refractivity contribution >= 4 is 35.8 Å². The highest BCUT2D eigenvalue weighted by molar-refractivity contribution is 6.05. The van der Waals surface area contributed by atoms with E-state index in [1.54, 1.807) is 38.2 Å². The van der Waals surface area contributed by atoms with Crippen molar-refractivity contribution in [2.24, 2.45) is 29.1 Å². The number of esters is 3. The minimum absolute atomic E-state index is 0.148. The van der Waals surface area contributed by atoms with Gasteiger partial charge in [-0.2, -0.15) is 0 Å². The molecule has 0 radical (unpaired) electrons. The summed E-state index contributed by atoms with van der Waals surface area (Å²) in [4.78, 5) is 53.4. The second-order valence-electron chi connectivity index (χ2n) is 15.0. The molecular formula is C42H46O9. The minimum Gasteiger partial charge on any atom is -0.458 e. The summed E-state index contributed by atoms with van der Waals surface area (Å²) in [7, 11) is 0. The maximum absolute atomic E-state index is 13.7. The number of carbonyl (C=O) groups is 4. The van der Waals surface area contributed by atoms with Crippen LogP contribution in [0.3, 0.4) is 0 Å². The predicted molar refractivity (Wildman–Crippen MR) is 190 cm³/mol. The van der Waals surface area contributed by atoms with E-state index in [1.807, 2.05) is 81.4 Å². The lowest BCUT2D eigenvalue weighted by Crippen LogP contribution is -2.66. The van der Waals surface area contributed by atoms with Gasteiger partial charge in [0.1, 0.15) is 18.3 Å². The fraction of sp³-hybridized carbons (Fsp3) is 0.429. The number of ether oxygens (including phenoxy) is 3. The van der Waals surface area contributed by atoms with Gasteiger partial charge in [0.2, 0.25) is 0 Å². The molecule has 2 saturated carbocycles.